The molecule has 0 saturated heterocycles. The molecule has 1 aliphatic rings. The number of rotatable bonds is 8. The van der Waals surface area contributed by atoms with Gasteiger partial charge in [0.25, 0.3) is 0 Å². The van der Waals surface area contributed by atoms with Gasteiger partial charge in [-0.1, -0.05) is 94.5 Å². The lowest BCUT2D eigenvalue weighted by molar-refractivity contribution is 0.342. The van der Waals surface area contributed by atoms with Crippen molar-refractivity contribution in [2.45, 2.75) is 77.6 Å². The Labute approximate surface area is 202 Å². The van der Waals surface area contributed by atoms with E-state index in [0.717, 1.165) is 74.0 Å². The van der Waals surface area contributed by atoms with Crippen LogP contribution in [0.15, 0.2) is 54.6 Å². The highest BCUT2D eigenvalue weighted by atomic mass is 19.2. The molecule has 0 amide bonds. The molecule has 1 saturated carbocycles. The third-order valence-electron chi connectivity index (χ3n) is 7.45. The van der Waals surface area contributed by atoms with Crippen LogP contribution in [0.3, 0.4) is 0 Å². The summed E-state index contributed by atoms with van der Waals surface area (Å²) in [6.07, 6.45) is 9.09. The van der Waals surface area contributed by atoms with Crippen molar-refractivity contribution >= 4 is 0 Å². The standard InChI is InChI=1S/C31H35F3/c1-3-4-5-6-7-25-16-19-28(31(34)30(25)33)24-14-12-22(13-15-24)26-17-18-27(29(32)20-26)23-10-8-21(2)9-11-23/h12-21,23H,3-11H2,1-2H3. The van der Waals surface area contributed by atoms with Crippen molar-refractivity contribution in [1.82, 2.24) is 0 Å². The molecule has 1 fully saturated rings. The fourth-order valence-electron chi connectivity index (χ4n) is 5.20. The lowest BCUT2D eigenvalue weighted by atomic mass is 9.79. The van der Waals surface area contributed by atoms with Gasteiger partial charge in [-0.3, -0.25) is 0 Å². The zero-order chi connectivity index (χ0) is 24.1. The van der Waals surface area contributed by atoms with Crippen LogP contribution < -0.4 is 0 Å². The van der Waals surface area contributed by atoms with Crippen molar-refractivity contribution in [2.75, 3.05) is 0 Å². The van der Waals surface area contributed by atoms with Gasteiger partial charge in [0.1, 0.15) is 5.82 Å². The molecular formula is C31H35F3. The Morgan fingerprint density at radius 3 is 2.06 bits per heavy atom. The van der Waals surface area contributed by atoms with E-state index in [4.69, 9.17) is 0 Å². The number of hydrogen-bond donors (Lipinski definition) is 0. The van der Waals surface area contributed by atoms with Gasteiger partial charge >= 0.3 is 0 Å². The topological polar surface area (TPSA) is 0 Å². The first-order valence-corrected chi connectivity index (χ1v) is 12.8. The van der Waals surface area contributed by atoms with E-state index in [1.807, 2.05) is 24.3 Å². The Balaban J connectivity index is 1.49. The lowest BCUT2D eigenvalue weighted by Crippen LogP contribution is -2.12. The van der Waals surface area contributed by atoms with Gasteiger partial charge in [-0.15, -0.1) is 0 Å². The fourth-order valence-corrected chi connectivity index (χ4v) is 5.20. The van der Waals surface area contributed by atoms with Gasteiger partial charge in [-0.05, 0) is 71.4 Å². The van der Waals surface area contributed by atoms with Crippen molar-refractivity contribution in [1.29, 1.82) is 0 Å². The molecule has 0 aliphatic heterocycles. The van der Waals surface area contributed by atoms with Crippen molar-refractivity contribution < 1.29 is 13.2 Å². The molecule has 0 spiro atoms. The smallest absolute Gasteiger partial charge is 0.166 e. The summed E-state index contributed by atoms with van der Waals surface area (Å²) in [6, 6.07) is 16.1. The van der Waals surface area contributed by atoms with Crippen LogP contribution in [0.25, 0.3) is 22.3 Å². The number of halogens is 3. The summed E-state index contributed by atoms with van der Waals surface area (Å²) in [4.78, 5) is 0. The van der Waals surface area contributed by atoms with E-state index in [9.17, 15) is 13.2 Å². The van der Waals surface area contributed by atoms with E-state index in [1.165, 1.54) is 0 Å². The molecule has 3 aromatic rings. The van der Waals surface area contributed by atoms with Crippen molar-refractivity contribution in [3.63, 3.8) is 0 Å². The van der Waals surface area contributed by atoms with Crippen LogP contribution in [-0.2, 0) is 6.42 Å². The van der Waals surface area contributed by atoms with Crippen LogP contribution in [0.2, 0.25) is 0 Å². The average molecular weight is 465 g/mol. The predicted octanol–water partition coefficient (Wildman–Crippen LogP) is 9.85. The van der Waals surface area contributed by atoms with E-state index in [1.54, 1.807) is 30.3 Å². The Morgan fingerprint density at radius 1 is 0.706 bits per heavy atom. The molecule has 0 atom stereocenters. The molecule has 3 aromatic carbocycles. The number of hydrogen-bond acceptors (Lipinski definition) is 0. The van der Waals surface area contributed by atoms with E-state index < -0.39 is 11.6 Å². The summed E-state index contributed by atoms with van der Waals surface area (Å²) < 4.78 is 44.4. The Morgan fingerprint density at radius 2 is 1.38 bits per heavy atom. The molecule has 0 nitrogen and oxygen atoms in total. The van der Waals surface area contributed by atoms with Crippen molar-refractivity contribution in [3.8, 4) is 22.3 Å². The first kappa shape index (κ1) is 24.6. The van der Waals surface area contributed by atoms with Gasteiger partial charge in [-0.25, -0.2) is 13.2 Å². The molecule has 1 aliphatic carbocycles. The second kappa shape index (κ2) is 11.3. The highest BCUT2D eigenvalue weighted by Gasteiger charge is 2.22. The van der Waals surface area contributed by atoms with Crippen LogP contribution in [-0.4, -0.2) is 0 Å². The average Bonchev–Trinajstić information content (AvgIpc) is 2.85. The van der Waals surface area contributed by atoms with Gasteiger partial charge in [0.15, 0.2) is 11.6 Å². The minimum absolute atomic E-state index is 0.149. The third kappa shape index (κ3) is 5.56. The van der Waals surface area contributed by atoms with Crippen LogP contribution in [0.1, 0.15) is 82.3 Å². The minimum Gasteiger partial charge on any atom is -0.207 e. The van der Waals surface area contributed by atoms with E-state index in [0.29, 0.717) is 23.5 Å². The van der Waals surface area contributed by atoms with Crippen molar-refractivity contribution in [2.24, 2.45) is 5.92 Å². The van der Waals surface area contributed by atoms with Crippen LogP contribution in [0, 0.1) is 23.4 Å². The fraction of sp³-hybridized carbons (Fsp3) is 0.419. The van der Waals surface area contributed by atoms with E-state index in [2.05, 4.69) is 13.8 Å². The first-order valence-electron chi connectivity index (χ1n) is 12.8. The van der Waals surface area contributed by atoms with Crippen LogP contribution in [0.4, 0.5) is 13.2 Å². The highest BCUT2D eigenvalue weighted by molar-refractivity contribution is 5.71. The minimum atomic E-state index is -0.794. The maximum atomic E-state index is 14.9. The second-order valence-electron chi connectivity index (χ2n) is 9.98. The molecule has 0 aromatic heterocycles. The normalized spacial score (nSPS) is 18.3. The second-order valence-corrected chi connectivity index (χ2v) is 9.98. The molecule has 34 heavy (non-hydrogen) atoms. The summed E-state index contributed by atoms with van der Waals surface area (Å²) in [5.41, 5.74) is 3.79. The zero-order valence-corrected chi connectivity index (χ0v) is 20.3. The third-order valence-corrected chi connectivity index (χ3v) is 7.45. The predicted molar refractivity (Wildman–Crippen MR) is 135 cm³/mol. The molecule has 0 radical (unpaired) electrons. The Hall–Kier alpha value is -2.55. The zero-order valence-electron chi connectivity index (χ0n) is 20.3. The molecule has 3 heteroatoms. The monoisotopic (exact) mass is 464 g/mol. The molecule has 0 unspecified atom stereocenters. The number of benzene rings is 3. The quantitative estimate of drug-likeness (QED) is 0.291. The summed E-state index contributed by atoms with van der Waals surface area (Å²) in [6.45, 7) is 4.40. The summed E-state index contributed by atoms with van der Waals surface area (Å²) in [5, 5.41) is 0. The van der Waals surface area contributed by atoms with E-state index >= 15 is 0 Å². The Bertz CT molecular complexity index is 1090. The molecular weight excluding hydrogens is 429 g/mol. The number of unbranched alkanes of at least 4 members (excludes halogenated alkanes) is 3. The van der Waals surface area contributed by atoms with Gasteiger partial charge in [0.05, 0.1) is 0 Å². The Kier molecular flexibility index (Phi) is 8.13. The summed E-state index contributed by atoms with van der Waals surface area (Å²) >= 11 is 0. The summed E-state index contributed by atoms with van der Waals surface area (Å²) in [7, 11) is 0. The van der Waals surface area contributed by atoms with Crippen LogP contribution in [0.5, 0.6) is 0 Å². The van der Waals surface area contributed by atoms with Gasteiger partial charge in [-0.2, -0.15) is 0 Å². The van der Waals surface area contributed by atoms with E-state index in [-0.39, 0.29) is 11.4 Å². The molecule has 0 heterocycles. The largest absolute Gasteiger partial charge is 0.207 e. The summed E-state index contributed by atoms with van der Waals surface area (Å²) in [5.74, 6) is -0.646. The molecule has 0 N–H and O–H groups in total. The highest BCUT2D eigenvalue weighted by Crippen LogP contribution is 2.38. The number of aryl methyl sites for hydroxylation is 1. The van der Waals surface area contributed by atoms with Crippen LogP contribution >= 0.6 is 0 Å². The molecule has 4 rings (SSSR count). The van der Waals surface area contributed by atoms with Gasteiger partial charge < -0.3 is 0 Å². The van der Waals surface area contributed by atoms with Gasteiger partial charge in [0.2, 0.25) is 0 Å². The SMILES string of the molecule is CCCCCCc1ccc(-c2ccc(-c3ccc(C4CCC(C)CC4)c(F)c3)cc2)c(F)c1F. The molecule has 180 valence electrons. The van der Waals surface area contributed by atoms with Gasteiger partial charge in [0, 0.05) is 5.56 Å². The maximum absolute atomic E-state index is 14.9. The maximum Gasteiger partial charge on any atom is 0.166 e. The van der Waals surface area contributed by atoms with Crippen molar-refractivity contribution in [3.05, 3.63) is 83.2 Å². The lowest BCUT2D eigenvalue weighted by Gasteiger charge is -2.26. The first-order chi connectivity index (χ1) is 16.5. The molecule has 0 bridgehead atoms.